The third-order valence-corrected chi connectivity index (χ3v) is 4.21. The van der Waals surface area contributed by atoms with Crippen LogP contribution in [0.2, 0.25) is 0 Å². The number of methoxy groups -OCH3 is 1. The van der Waals surface area contributed by atoms with Crippen molar-refractivity contribution in [3.63, 3.8) is 0 Å². The van der Waals surface area contributed by atoms with Crippen molar-refractivity contribution in [2.24, 2.45) is 0 Å². The molecule has 0 unspecified atom stereocenters. The Kier molecular flexibility index (Phi) is 6.01. The molecule has 0 atom stereocenters. The summed E-state index contributed by atoms with van der Waals surface area (Å²) < 4.78 is 4.78. The Hall–Kier alpha value is -1.56. The average molecular weight is 298 g/mol. The van der Waals surface area contributed by atoms with E-state index in [9.17, 15) is 9.59 Å². The number of carbonyl (C=O) groups is 2. The molecule has 1 heterocycles. The SMILES string of the molecule is CCCc1c(C(=O)OC)sc(N)c1C(=O)N(CC)CC. The van der Waals surface area contributed by atoms with Crippen LogP contribution in [0, 0.1) is 0 Å². The van der Waals surface area contributed by atoms with Crippen LogP contribution in [-0.4, -0.2) is 37.0 Å². The van der Waals surface area contributed by atoms with E-state index in [1.807, 2.05) is 20.8 Å². The smallest absolute Gasteiger partial charge is 0.348 e. The molecule has 6 heteroatoms. The number of ether oxygens (including phenoxy) is 1. The molecule has 0 aliphatic heterocycles. The summed E-state index contributed by atoms with van der Waals surface area (Å²) in [5, 5.41) is 0.394. The quantitative estimate of drug-likeness (QED) is 0.819. The fraction of sp³-hybridized carbons (Fsp3) is 0.571. The van der Waals surface area contributed by atoms with Gasteiger partial charge in [0.05, 0.1) is 17.7 Å². The first-order valence-corrected chi connectivity index (χ1v) is 7.61. The van der Waals surface area contributed by atoms with Crippen LogP contribution in [0.3, 0.4) is 0 Å². The number of nitrogens with two attached hydrogens (primary N) is 1. The van der Waals surface area contributed by atoms with E-state index in [1.165, 1.54) is 7.11 Å². The highest BCUT2D eigenvalue weighted by Gasteiger charge is 2.27. The Bertz CT molecular complexity index is 493. The van der Waals surface area contributed by atoms with Gasteiger partial charge in [-0.15, -0.1) is 11.3 Å². The van der Waals surface area contributed by atoms with Crippen LogP contribution in [0.1, 0.15) is 52.8 Å². The summed E-state index contributed by atoms with van der Waals surface area (Å²) in [6.45, 7) is 7.07. The zero-order valence-electron chi connectivity index (χ0n) is 12.5. The van der Waals surface area contributed by atoms with E-state index < -0.39 is 5.97 Å². The molecule has 0 saturated carbocycles. The standard InChI is InChI=1S/C14H22N2O3S/c1-5-8-9-10(13(17)16(6-2)7-3)12(15)20-11(9)14(18)19-4/h5-8,15H2,1-4H3. The summed E-state index contributed by atoms with van der Waals surface area (Å²) in [4.78, 5) is 26.5. The van der Waals surface area contributed by atoms with E-state index in [4.69, 9.17) is 10.5 Å². The summed E-state index contributed by atoms with van der Waals surface area (Å²) >= 11 is 1.14. The number of nitrogens with zero attached hydrogens (tertiary/aromatic N) is 1. The lowest BCUT2D eigenvalue weighted by Crippen LogP contribution is -2.31. The van der Waals surface area contributed by atoms with E-state index >= 15 is 0 Å². The number of nitrogen functional groups attached to an aromatic ring is 1. The number of esters is 1. The third-order valence-electron chi connectivity index (χ3n) is 3.17. The van der Waals surface area contributed by atoms with Gasteiger partial charge in [0.1, 0.15) is 4.88 Å². The van der Waals surface area contributed by atoms with Crippen LogP contribution in [0.5, 0.6) is 0 Å². The summed E-state index contributed by atoms with van der Waals surface area (Å²) in [6, 6.07) is 0. The topological polar surface area (TPSA) is 72.6 Å². The van der Waals surface area contributed by atoms with Gasteiger partial charge in [-0.05, 0) is 25.8 Å². The highest BCUT2D eigenvalue weighted by molar-refractivity contribution is 7.18. The van der Waals surface area contributed by atoms with Gasteiger partial charge in [-0.2, -0.15) is 0 Å². The molecule has 112 valence electrons. The van der Waals surface area contributed by atoms with Gasteiger partial charge >= 0.3 is 5.97 Å². The summed E-state index contributed by atoms with van der Waals surface area (Å²) in [5.74, 6) is -0.536. The van der Waals surface area contributed by atoms with E-state index in [2.05, 4.69) is 0 Å². The maximum atomic E-state index is 12.5. The summed E-state index contributed by atoms with van der Waals surface area (Å²) in [7, 11) is 1.33. The Balaban J connectivity index is 3.34. The minimum absolute atomic E-state index is 0.109. The minimum atomic E-state index is -0.427. The molecule has 0 bridgehead atoms. The van der Waals surface area contributed by atoms with Crippen LogP contribution < -0.4 is 5.73 Å². The zero-order chi connectivity index (χ0) is 15.3. The van der Waals surface area contributed by atoms with Crippen molar-refractivity contribution >= 4 is 28.2 Å². The maximum absolute atomic E-state index is 12.5. The van der Waals surface area contributed by atoms with Gasteiger partial charge in [0, 0.05) is 13.1 Å². The molecule has 5 nitrogen and oxygen atoms in total. The van der Waals surface area contributed by atoms with Crippen molar-refractivity contribution in [2.75, 3.05) is 25.9 Å². The molecule has 1 aromatic rings. The number of amides is 1. The van der Waals surface area contributed by atoms with Crippen LogP contribution in [-0.2, 0) is 11.2 Å². The number of rotatable bonds is 6. The monoisotopic (exact) mass is 298 g/mol. The molecule has 2 N–H and O–H groups in total. The molecule has 0 saturated heterocycles. The second kappa shape index (κ2) is 7.28. The molecule has 0 aliphatic rings. The number of thiophene rings is 1. The first kappa shape index (κ1) is 16.5. The third kappa shape index (κ3) is 3.12. The van der Waals surface area contributed by atoms with Crippen LogP contribution in [0.15, 0.2) is 0 Å². The summed E-state index contributed by atoms with van der Waals surface area (Å²) in [5.41, 5.74) is 7.17. The molecule has 0 spiro atoms. The zero-order valence-corrected chi connectivity index (χ0v) is 13.3. The molecule has 0 fully saturated rings. The maximum Gasteiger partial charge on any atom is 0.348 e. The van der Waals surface area contributed by atoms with Gasteiger partial charge in [-0.3, -0.25) is 4.79 Å². The van der Waals surface area contributed by atoms with Crippen LogP contribution in [0.4, 0.5) is 5.00 Å². The fourth-order valence-electron chi connectivity index (χ4n) is 2.13. The Morgan fingerprint density at radius 1 is 1.25 bits per heavy atom. The van der Waals surface area contributed by atoms with Gasteiger partial charge in [0.2, 0.25) is 0 Å². The molecule has 20 heavy (non-hydrogen) atoms. The molecule has 0 aromatic carbocycles. The number of hydrogen-bond acceptors (Lipinski definition) is 5. The highest BCUT2D eigenvalue weighted by atomic mass is 32.1. The lowest BCUT2D eigenvalue weighted by molar-refractivity contribution is 0.0605. The van der Waals surface area contributed by atoms with Crippen molar-refractivity contribution in [3.8, 4) is 0 Å². The molecular formula is C14H22N2O3S. The van der Waals surface area contributed by atoms with E-state index in [1.54, 1.807) is 4.90 Å². The Labute approximate surface area is 123 Å². The van der Waals surface area contributed by atoms with Crippen LogP contribution >= 0.6 is 11.3 Å². The molecule has 0 aliphatic carbocycles. The van der Waals surface area contributed by atoms with E-state index in [0.29, 0.717) is 35.0 Å². The second-order valence-corrected chi connectivity index (χ2v) is 5.42. The fourth-order valence-corrected chi connectivity index (χ4v) is 3.16. The second-order valence-electron chi connectivity index (χ2n) is 4.37. The van der Waals surface area contributed by atoms with Crippen molar-refractivity contribution in [3.05, 3.63) is 16.0 Å². The number of anilines is 1. The van der Waals surface area contributed by atoms with Gasteiger partial charge in [0.15, 0.2) is 0 Å². The minimum Gasteiger partial charge on any atom is -0.465 e. The van der Waals surface area contributed by atoms with Gasteiger partial charge in [-0.25, -0.2) is 4.79 Å². The molecule has 1 aromatic heterocycles. The Morgan fingerprint density at radius 2 is 1.85 bits per heavy atom. The van der Waals surface area contributed by atoms with Crippen LogP contribution in [0.25, 0.3) is 0 Å². The number of hydrogen-bond donors (Lipinski definition) is 1. The molecular weight excluding hydrogens is 276 g/mol. The van der Waals surface area contributed by atoms with Gasteiger partial charge < -0.3 is 15.4 Å². The van der Waals surface area contributed by atoms with E-state index in [-0.39, 0.29) is 5.91 Å². The lowest BCUT2D eigenvalue weighted by atomic mass is 10.0. The molecule has 1 rings (SSSR count). The normalized spacial score (nSPS) is 10.4. The molecule has 0 radical (unpaired) electrons. The van der Waals surface area contributed by atoms with Gasteiger partial charge in [0.25, 0.3) is 5.91 Å². The summed E-state index contributed by atoms with van der Waals surface area (Å²) in [6.07, 6.45) is 1.47. The predicted molar refractivity (Wildman–Crippen MR) is 81.3 cm³/mol. The predicted octanol–water partition coefficient (Wildman–Crippen LogP) is 2.55. The van der Waals surface area contributed by atoms with Crippen molar-refractivity contribution in [1.82, 2.24) is 4.90 Å². The lowest BCUT2D eigenvalue weighted by Gasteiger charge is -2.19. The van der Waals surface area contributed by atoms with Crippen molar-refractivity contribution < 1.29 is 14.3 Å². The first-order valence-electron chi connectivity index (χ1n) is 6.80. The average Bonchev–Trinajstić information content (AvgIpc) is 2.76. The first-order chi connectivity index (χ1) is 9.51. The van der Waals surface area contributed by atoms with E-state index in [0.717, 1.165) is 23.3 Å². The largest absolute Gasteiger partial charge is 0.465 e. The number of carbonyl (C=O) groups excluding carboxylic acids is 2. The Morgan fingerprint density at radius 3 is 2.30 bits per heavy atom. The highest BCUT2D eigenvalue weighted by Crippen LogP contribution is 2.33. The molecule has 1 amide bonds. The van der Waals surface area contributed by atoms with Crippen molar-refractivity contribution in [1.29, 1.82) is 0 Å². The van der Waals surface area contributed by atoms with Crippen molar-refractivity contribution in [2.45, 2.75) is 33.6 Å². The van der Waals surface area contributed by atoms with Gasteiger partial charge in [-0.1, -0.05) is 13.3 Å².